The van der Waals surface area contributed by atoms with Gasteiger partial charge < -0.3 is 15.2 Å². The molecule has 39 heavy (non-hydrogen) atoms. The number of hydrogen-bond donors (Lipinski definition) is 3. The van der Waals surface area contributed by atoms with Crippen molar-refractivity contribution in [3.05, 3.63) is 101 Å². The zero-order chi connectivity index (χ0) is 27.2. The molecule has 0 saturated heterocycles. The van der Waals surface area contributed by atoms with Crippen LogP contribution in [0.5, 0.6) is 5.75 Å². The van der Waals surface area contributed by atoms with Crippen LogP contribution in [0.3, 0.4) is 0 Å². The van der Waals surface area contributed by atoms with E-state index < -0.39 is 29.9 Å². The average molecular weight is 525 g/mol. The Balaban J connectivity index is 1.34. The highest BCUT2D eigenvalue weighted by molar-refractivity contribution is 5.92. The van der Waals surface area contributed by atoms with Gasteiger partial charge in [-0.15, -0.1) is 5.10 Å². The van der Waals surface area contributed by atoms with E-state index >= 15 is 0 Å². The molecular weight excluding hydrogens is 492 g/mol. The number of benzene rings is 3. The van der Waals surface area contributed by atoms with Gasteiger partial charge in [0.1, 0.15) is 11.4 Å². The summed E-state index contributed by atoms with van der Waals surface area (Å²) < 4.78 is 5.75. The van der Waals surface area contributed by atoms with Crippen LogP contribution in [0.2, 0.25) is 0 Å². The Bertz CT molecular complexity index is 1420. The van der Waals surface area contributed by atoms with E-state index in [1.165, 1.54) is 17.3 Å². The molecule has 0 fully saturated rings. The minimum absolute atomic E-state index is 0.168. The van der Waals surface area contributed by atoms with Crippen molar-refractivity contribution in [3.63, 3.8) is 0 Å². The normalized spacial score (nSPS) is 14.7. The molecule has 8 nitrogen and oxygen atoms in total. The highest BCUT2D eigenvalue weighted by Gasteiger charge is 2.38. The lowest BCUT2D eigenvalue weighted by Crippen LogP contribution is -2.45. The van der Waals surface area contributed by atoms with Crippen LogP contribution in [-0.4, -0.2) is 45.0 Å². The van der Waals surface area contributed by atoms with Gasteiger partial charge in [0.05, 0.1) is 18.2 Å². The molecule has 0 unspecified atom stereocenters. The smallest absolute Gasteiger partial charge is 0.319 e. The Morgan fingerprint density at radius 3 is 2.49 bits per heavy atom. The van der Waals surface area contributed by atoms with E-state index in [2.05, 4.69) is 32.9 Å². The number of aromatic amines is 1. The number of nitrogens with one attached hydrogen (secondary N) is 2. The number of ether oxygens (including phenoxy) is 1. The van der Waals surface area contributed by atoms with Crippen molar-refractivity contribution in [1.29, 1.82) is 0 Å². The maximum atomic E-state index is 13.3. The van der Waals surface area contributed by atoms with Crippen LogP contribution in [-0.2, 0) is 24.1 Å². The lowest BCUT2D eigenvalue weighted by molar-refractivity contribution is -0.148. The van der Waals surface area contributed by atoms with Gasteiger partial charge in [0.25, 0.3) is 5.91 Å². The molecule has 8 heteroatoms. The Labute approximate surface area is 227 Å². The van der Waals surface area contributed by atoms with Gasteiger partial charge in [0.15, 0.2) is 0 Å². The van der Waals surface area contributed by atoms with Gasteiger partial charge in [-0.1, -0.05) is 65.9 Å². The molecule has 1 amide bonds. The second-order valence-electron chi connectivity index (χ2n) is 10.4. The third-order valence-electron chi connectivity index (χ3n) is 7.36. The van der Waals surface area contributed by atoms with Crippen molar-refractivity contribution in [1.82, 2.24) is 20.7 Å². The summed E-state index contributed by atoms with van der Waals surface area (Å²) in [5.41, 5.74) is 4.63. The van der Waals surface area contributed by atoms with Crippen molar-refractivity contribution < 1.29 is 19.4 Å². The molecule has 0 bridgehead atoms. The molecule has 1 aliphatic carbocycles. The molecule has 3 N–H and O–H groups in total. The van der Waals surface area contributed by atoms with Crippen LogP contribution in [0.15, 0.2) is 79.0 Å². The molecule has 200 valence electrons. The fraction of sp³-hybridized carbons (Fsp3) is 0.290. The first-order chi connectivity index (χ1) is 18.9. The number of aliphatic hydroxyl groups is 1. The van der Waals surface area contributed by atoms with Crippen LogP contribution in [0, 0.1) is 5.41 Å². The Morgan fingerprint density at radius 1 is 1.03 bits per heavy atom. The Hall–Kier alpha value is -4.30. The van der Waals surface area contributed by atoms with Gasteiger partial charge >= 0.3 is 5.97 Å². The van der Waals surface area contributed by atoms with E-state index in [0.717, 1.165) is 36.0 Å². The molecule has 5 rings (SSSR count). The molecule has 1 aliphatic rings. The number of nitrogens with zero attached hydrogens (tertiary/aromatic N) is 2. The van der Waals surface area contributed by atoms with Crippen molar-refractivity contribution in [3.8, 4) is 16.9 Å². The van der Waals surface area contributed by atoms with Crippen LogP contribution < -0.4 is 10.1 Å². The third-order valence-corrected chi connectivity index (χ3v) is 7.36. The van der Waals surface area contributed by atoms with Gasteiger partial charge in [-0.3, -0.25) is 14.7 Å². The number of rotatable bonds is 10. The molecule has 0 aliphatic heterocycles. The lowest BCUT2D eigenvalue weighted by Gasteiger charge is -2.30. The van der Waals surface area contributed by atoms with Gasteiger partial charge in [0.2, 0.25) is 0 Å². The molecule has 4 aromatic rings. The van der Waals surface area contributed by atoms with E-state index in [4.69, 9.17) is 4.74 Å². The number of fused-ring (bicyclic) bond motifs is 1. The van der Waals surface area contributed by atoms with E-state index in [9.17, 15) is 14.7 Å². The summed E-state index contributed by atoms with van der Waals surface area (Å²) in [6, 6.07) is 23.4. The highest BCUT2D eigenvalue weighted by atomic mass is 16.5. The number of amides is 1. The van der Waals surface area contributed by atoms with Crippen LogP contribution in [0.25, 0.3) is 11.1 Å². The largest absolute Gasteiger partial charge is 0.426 e. The quantitative estimate of drug-likeness (QED) is 0.210. The summed E-state index contributed by atoms with van der Waals surface area (Å²) in [7, 11) is 0. The maximum absolute atomic E-state index is 13.3. The van der Waals surface area contributed by atoms with Crippen LogP contribution in [0.1, 0.15) is 46.9 Å². The van der Waals surface area contributed by atoms with E-state index in [1.54, 1.807) is 13.0 Å². The zero-order valence-electron chi connectivity index (χ0n) is 21.9. The predicted molar refractivity (Wildman–Crippen MR) is 147 cm³/mol. The van der Waals surface area contributed by atoms with Crippen LogP contribution >= 0.6 is 0 Å². The molecule has 1 heterocycles. The fourth-order valence-corrected chi connectivity index (χ4v) is 5.09. The predicted octanol–water partition coefficient (Wildman–Crippen LogP) is 4.30. The number of carbonyl (C=O) groups is 2. The standard InChI is InChI=1S/C31H32N4O4/c1-31(20-36,30(38)39-27-15-14-23-8-5-9-25(23)17-27)18-26(33-29(37)28-19-32-35-34-28)16-21-10-12-24(13-11-21)22-6-3-2-4-7-22/h2-4,6-7,10-15,17,19,26,36H,5,8-9,16,18,20H2,1H3,(H,33,37)(H,32,34,35)/t26-,31+/m1/s1. The fourth-order valence-electron chi connectivity index (χ4n) is 5.09. The molecule has 3 aromatic carbocycles. The summed E-state index contributed by atoms with van der Waals surface area (Å²) in [5, 5.41) is 23.2. The van der Waals surface area contributed by atoms with E-state index in [0.29, 0.717) is 12.2 Å². The maximum Gasteiger partial charge on any atom is 0.319 e. The second-order valence-corrected chi connectivity index (χ2v) is 10.4. The molecule has 0 saturated carbocycles. The summed E-state index contributed by atoms with van der Waals surface area (Å²) in [5.74, 6) is -0.455. The number of H-pyrrole nitrogens is 1. The first-order valence-corrected chi connectivity index (χ1v) is 13.2. The number of aliphatic hydroxyl groups excluding tert-OH is 1. The first-order valence-electron chi connectivity index (χ1n) is 13.2. The van der Waals surface area contributed by atoms with Gasteiger partial charge in [-0.25, -0.2) is 0 Å². The molecule has 2 atom stereocenters. The second kappa shape index (κ2) is 11.6. The molecule has 0 radical (unpaired) electrons. The number of aryl methyl sites for hydroxylation is 2. The number of carbonyl (C=O) groups excluding carboxylic acids is 2. The Kier molecular flexibility index (Phi) is 7.84. The zero-order valence-corrected chi connectivity index (χ0v) is 21.9. The van der Waals surface area contributed by atoms with Gasteiger partial charge in [-0.05, 0) is 79.0 Å². The van der Waals surface area contributed by atoms with E-state index in [1.807, 2.05) is 54.6 Å². The minimum Gasteiger partial charge on any atom is -0.426 e. The lowest BCUT2D eigenvalue weighted by atomic mass is 9.82. The summed E-state index contributed by atoms with van der Waals surface area (Å²) in [6.45, 7) is 1.24. The number of aromatic nitrogens is 3. The SMILES string of the molecule is C[C@@](CO)(C[C@@H](Cc1ccc(-c2ccccc2)cc1)NC(=O)c1cnn[nH]1)C(=O)Oc1ccc2c(c1)CCC2. The number of esters is 1. The van der Waals surface area contributed by atoms with E-state index in [-0.39, 0.29) is 12.1 Å². The van der Waals surface area contributed by atoms with Crippen molar-refractivity contribution in [2.45, 2.75) is 45.1 Å². The minimum atomic E-state index is -1.24. The number of hydrogen-bond acceptors (Lipinski definition) is 6. The molecule has 0 spiro atoms. The van der Waals surface area contributed by atoms with Crippen LogP contribution in [0.4, 0.5) is 0 Å². The van der Waals surface area contributed by atoms with Gasteiger partial charge in [0, 0.05) is 6.04 Å². The van der Waals surface area contributed by atoms with Crippen molar-refractivity contribution in [2.24, 2.45) is 5.41 Å². The average Bonchev–Trinajstić information content (AvgIpc) is 3.66. The molecular formula is C31H32N4O4. The van der Waals surface area contributed by atoms with Gasteiger partial charge in [-0.2, -0.15) is 0 Å². The Morgan fingerprint density at radius 2 is 1.77 bits per heavy atom. The topological polar surface area (TPSA) is 117 Å². The first kappa shape index (κ1) is 26.3. The van der Waals surface area contributed by atoms with Crippen molar-refractivity contribution >= 4 is 11.9 Å². The molecule has 1 aromatic heterocycles. The summed E-state index contributed by atoms with van der Waals surface area (Å²) >= 11 is 0. The summed E-state index contributed by atoms with van der Waals surface area (Å²) in [6.07, 6.45) is 5.06. The highest BCUT2D eigenvalue weighted by Crippen LogP contribution is 2.31. The monoisotopic (exact) mass is 524 g/mol. The third kappa shape index (κ3) is 6.23. The van der Waals surface area contributed by atoms with Crippen molar-refractivity contribution in [2.75, 3.05) is 6.61 Å². The summed E-state index contributed by atoms with van der Waals surface area (Å²) in [4.78, 5) is 26.2.